The van der Waals surface area contributed by atoms with Crippen molar-refractivity contribution in [3.8, 4) is 0 Å². The van der Waals surface area contributed by atoms with Gasteiger partial charge in [0.1, 0.15) is 0 Å². The molecule has 0 aliphatic heterocycles. The summed E-state index contributed by atoms with van der Waals surface area (Å²) in [5.74, 6) is -1.74. The average Bonchev–Trinajstić information content (AvgIpc) is 2.17. The molecular formula is C9H7ClN2O4. The second-order valence-corrected chi connectivity index (χ2v) is 3.24. The van der Waals surface area contributed by atoms with Crippen molar-refractivity contribution in [1.82, 2.24) is 0 Å². The Hall–Kier alpha value is -1.95. The normalized spacial score (nSPS) is 9.56. The van der Waals surface area contributed by atoms with Crippen molar-refractivity contribution in [3.63, 3.8) is 0 Å². The number of nitroso groups, excluding NO2 is 1. The zero-order valence-corrected chi connectivity index (χ0v) is 8.69. The van der Waals surface area contributed by atoms with Gasteiger partial charge in [-0.1, -0.05) is 16.8 Å². The maximum Gasteiger partial charge on any atom is 0.337 e. The van der Waals surface area contributed by atoms with E-state index in [1.54, 1.807) is 0 Å². The molecule has 1 amide bonds. The quantitative estimate of drug-likeness (QED) is 0.786. The van der Waals surface area contributed by atoms with Gasteiger partial charge in [0, 0.05) is 5.69 Å². The number of carbonyl (C=O) groups is 2. The van der Waals surface area contributed by atoms with Crippen molar-refractivity contribution >= 4 is 29.2 Å². The van der Waals surface area contributed by atoms with E-state index < -0.39 is 18.4 Å². The number of rotatable bonds is 4. The summed E-state index contributed by atoms with van der Waals surface area (Å²) in [6.45, 7) is -0.502. The van der Waals surface area contributed by atoms with E-state index >= 15 is 0 Å². The Kier molecular flexibility index (Phi) is 3.96. The van der Waals surface area contributed by atoms with Crippen LogP contribution in [0.4, 0.5) is 5.69 Å². The summed E-state index contributed by atoms with van der Waals surface area (Å²) < 4.78 is 0. The van der Waals surface area contributed by atoms with Gasteiger partial charge in [0.05, 0.1) is 10.6 Å². The highest BCUT2D eigenvalue weighted by molar-refractivity contribution is 6.33. The summed E-state index contributed by atoms with van der Waals surface area (Å²) in [6.07, 6.45) is 0. The Morgan fingerprint density at radius 3 is 2.62 bits per heavy atom. The highest BCUT2D eigenvalue weighted by Gasteiger charge is 2.10. The van der Waals surface area contributed by atoms with Gasteiger partial charge in [-0.15, -0.1) is 0 Å². The molecular weight excluding hydrogens is 236 g/mol. The number of halogens is 1. The number of benzene rings is 1. The first-order valence-corrected chi connectivity index (χ1v) is 4.54. The summed E-state index contributed by atoms with van der Waals surface area (Å²) in [7, 11) is 0. The fourth-order valence-electron chi connectivity index (χ4n) is 1.03. The van der Waals surface area contributed by atoms with E-state index in [-0.39, 0.29) is 10.6 Å². The molecule has 7 heteroatoms. The number of hydrogen-bond donors (Lipinski definition) is 2. The Labute approximate surface area is 95.2 Å². The molecule has 0 atom stereocenters. The van der Waals surface area contributed by atoms with Crippen LogP contribution in [0.5, 0.6) is 0 Å². The number of hydrogen-bond acceptors (Lipinski definition) is 4. The van der Waals surface area contributed by atoms with Crippen LogP contribution in [0.25, 0.3) is 0 Å². The molecule has 1 aromatic carbocycles. The van der Waals surface area contributed by atoms with Crippen molar-refractivity contribution in [2.75, 3.05) is 11.9 Å². The molecule has 1 aromatic rings. The molecule has 0 saturated carbocycles. The fraction of sp³-hybridized carbons (Fsp3) is 0.111. The third-order valence-corrected chi connectivity index (χ3v) is 2.00. The summed E-state index contributed by atoms with van der Waals surface area (Å²) in [5.41, 5.74) is 0.247. The molecule has 0 fully saturated rings. The highest BCUT2D eigenvalue weighted by Crippen LogP contribution is 2.20. The molecule has 0 heterocycles. The first kappa shape index (κ1) is 12.1. The van der Waals surface area contributed by atoms with Crippen LogP contribution < -0.4 is 5.32 Å². The number of carboxylic acids is 1. The Balaban J connectivity index is 2.85. The number of carbonyl (C=O) groups excluding carboxylic acids is 1. The van der Waals surface area contributed by atoms with E-state index in [0.29, 0.717) is 5.69 Å². The molecule has 0 aliphatic carbocycles. The molecule has 1 rings (SSSR count). The average molecular weight is 243 g/mol. The van der Waals surface area contributed by atoms with Gasteiger partial charge in [-0.2, -0.15) is 4.91 Å². The van der Waals surface area contributed by atoms with Gasteiger partial charge in [0.25, 0.3) is 0 Å². The summed E-state index contributed by atoms with van der Waals surface area (Å²) in [4.78, 5) is 31.4. The van der Waals surface area contributed by atoms with Crippen LogP contribution in [0.2, 0.25) is 5.02 Å². The lowest BCUT2D eigenvalue weighted by Gasteiger charge is -2.04. The van der Waals surface area contributed by atoms with E-state index in [9.17, 15) is 14.5 Å². The van der Waals surface area contributed by atoms with Crippen LogP contribution in [0, 0.1) is 4.91 Å². The van der Waals surface area contributed by atoms with Gasteiger partial charge in [0.2, 0.25) is 5.91 Å². The molecule has 6 nitrogen and oxygen atoms in total. The number of nitrogens with one attached hydrogen (secondary N) is 1. The first-order valence-electron chi connectivity index (χ1n) is 4.16. The van der Waals surface area contributed by atoms with Crippen LogP contribution in [-0.2, 0) is 4.79 Å². The van der Waals surface area contributed by atoms with Crippen molar-refractivity contribution in [3.05, 3.63) is 33.7 Å². The molecule has 0 unspecified atom stereocenters. The number of aromatic carboxylic acids is 1. The van der Waals surface area contributed by atoms with Crippen LogP contribution in [0.15, 0.2) is 23.4 Å². The molecule has 0 bridgehead atoms. The molecule has 2 N–H and O–H groups in total. The number of amides is 1. The molecule has 84 valence electrons. The lowest BCUT2D eigenvalue weighted by Crippen LogP contribution is -2.14. The van der Waals surface area contributed by atoms with E-state index in [1.165, 1.54) is 18.2 Å². The summed E-state index contributed by atoms with van der Waals surface area (Å²) in [6, 6.07) is 3.92. The second kappa shape index (κ2) is 5.22. The van der Waals surface area contributed by atoms with Crippen molar-refractivity contribution in [1.29, 1.82) is 0 Å². The molecule has 0 aromatic heterocycles. The minimum atomic E-state index is -1.16. The third kappa shape index (κ3) is 3.03. The Morgan fingerprint density at radius 1 is 1.44 bits per heavy atom. The molecule has 0 radical (unpaired) electrons. The summed E-state index contributed by atoms with van der Waals surface area (Å²) in [5, 5.41) is 13.4. The highest BCUT2D eigenvalue weighted by atomic mass is 35.5. The van der Waals surface area contributed by atoms with Gasteiger partial charge in [-0.05, 0) is 18.2 Å². The van der Waals surface area contributed by atoms with Crippen LogP contribution >= 0.6 is 11.6 Å². The first-order chi connectivity index (χ1) is 7.54. The maximum atomic E-state index is 11.0. The molecule has 0 saturated heterocycles. The predicted octanol–water partition coefficient (Wildman–Crippen LogP) is 1.74. The standard InChI is InChI=1S/C9H7ClN2O4/c10-7-3-5(12-8(13)4-11-16)1-2-6(7)9(14)15/h1-3H,4H2,(H,12,13)(H,14,15). The monoisotopic (exact) mass is 242 g/mol. The minimum absolute atomic E-state index is 0.00404. The lowest BCUT2D eigenvalue weighted by molar-refractivity contribution is -0.114. The number of anilines is 1. The van der Waals surface area contributed by atoms with Crippen molar-refractivity contribution < 1.29 is 14.7 Å². The van der Waals surface area contributed by atoms with E-state index in [2.05, 4.69) is 10.5 Å². The number of nitrogens with zero attached hydrogens (tertiary/aromatic N) is 1. The zero-order chi connectivity index (χ0) is 12.1. The minimum Gasteiger partial charge on any atom is -0.478 e. The van der Waals surface area contributed by atoms with E-state index in [0.717, 1.165) is 0 Å². The summed E-state index contributed by atoms with van der Waals surface area (Å²) >= 11 is 5.67. The smallest absolute Gasteiger partial charge is 0.337 e. The number of carboxylic acid groups (broad SMARTS) is 1. The molecule has 16 heavy (non-hydrogen) atoms. The largest absolute Gasteiger partial charge is 0.478 e. The Morgan fingerprint density at radius 2 is 2.12 bits per heavy atom. The second-order valence-electron chi connectivity index (χ2n) is 2.84. The van der Waals surface area contributed by atoms with E-state index in [4.69, 9.17) is 16.7 Å². The third-order valence-electron chi connectivity index (χ3n) is 1.69. The zero-order valence-electron chi connectivity index (χ0n) is 7.94. The van der Waals surface area contributed by atoms with Crippen LogP contribution in [0.1, 0.15) is 10.4 Å². The Bertz CT molecular complexity index is 447. The van der Waals surface area contributed by atoms with Crippen molar-refractivity contribution in [2.24, 2.45) is 5.18 Å². The topological polar surface area (TPSA) is 95.8 Å². The molecule has 0 spiro atoms. The van der Waals surface area contributed by atoms with Gasteiger partial charge in [-0.25, -0.2) is 4.79 Å². The van der Waals surface area contributed by atoms with Crippen molar-refractivity contribution in [2.45, 2.75) is 0 Å². The lowest BCUT2D eigenvalue weighted by atomic mass is 10.2. The van der Waals surface area contributed by atoms with Crippen LogP contribution in [-0.4, -0.2) is 23.5 Å². The van der Waals surface area contributed by atoms with Gasteiger partial charge < -0.3 is 10.4 Å². The van der Waals surface area contributed by atoms with Gasteiger partial charge in [0.15, 0.2) is 6.54 Å². The van der Waals surface area contributed by atoms with Gasteiger partial charge in [-0.3, -0.25) is 4.79 Å². The SMILES string of the molecule is O=NCC(=O)Nc1ccc(C(=O)O)c(Cl)c1. The van der Waals surface area contributed by atoms with Gasteiger partial charge >= 0.3 is 5.97 Å². The van der Waals surface area contributed by atoms with E-state index in [1.807, 2.05) is 0 Å². The molecule has 0 aliphatic rings. The maximum absolute atomic E-state index is 11.0. The fourth-order valence-corrected chi connectivity index (χ4v) is 1.29. The van der Waals surface area contributed by atoms with Crippen LogP contribution in [0.3, 0.4) is 0 Å². The predicted molar refractivity (Wildman–Crippen MR) is 57.7 cm³/mol.